The molecule has 0 aromatic carbocycles. The Bertz CT molecular complexity index is 821. The third-order valence-electron chi connectivity index (χ3n) is 13.1. The fourth-order valence-electron chi connectivity index (χ4n) is 9.02. The van der Waals surface area contributed by atoms with Crippen molar-refractivity contribution in [2.45, 2.75) is 220 Å². The van der Waals surface area contributed by atoms with Gasteiger partial charge in [0.05, 0.1) is 17.9 Å². The van der Waals surface area contributed by atoms with Crippen LogP contribution >= 0.6 is 0 Å². The van der Waals surface area contributed by atoms with E-state index in [1.54, 1.807) is 0 Å². The van der Waals surface area contributed by atoms with Crippen molar-refractivity contribution >= 4 is 11.9 Å². The number of nitrogens with zero attached hydrogens (tertiary/aromatic N) is 2. The van der Waals surface area contributed by atoms with Gasteiger partial charge >= 0.3 is 11.9 Å². The van der Waals surface area contributed by atoms with Crippen LogP contribution in [0.4, 0.5) is 0 Å². The molecule has 0 aromatic rings. The number of piperidine rings is 2. The Morgan fingerprint density at radius 2 is 0.870 bits per heavy atom. The number of hydrogen-bond donors (Lipinski definition) is 1. The van der Waals surface area contributed by atoms with Crippen molar-refractivity contribution in [2.75, 3.05) is 52.5 Å². The SMILES string of the molecule is CCCCCCCC(CCCCCCC)C(=O)OCC(COC(=O)C(CCCCCCC)CCCCCCC)N1CCC2(CCN(CCCN)CC2)CC1. The Morgan fingerprint density at radius 3 is 1.22 bits per heavy atom. The van der Waals surface area contributed by atoms with Gasteiger partial charge in [0.2, 0.25) is 0 Å². The smallest absolute Gasteiger partial charge is 0.308 e. The summed E-state index contributed by atoms with van der Waals surface area (Å²) < 4.78 is 12.5. The molecular weight excluding hydrogens is 671 g/mol. The minimum absolute atomic E-state index is 0.0182. The van der Waals surface area contributed by atoms with Crippen LogP contribution in [0.1, 0.15) is 214 Å². The highest BCUT2D eigenvalue weighted by molar-refractivity contribution is 5.73. The first-order valence-electron chi connectivity index (χ1n) is 23.9. The quantitative estimate of drug-likeness (QED) is 0.0516. The maximum atomic E-state index is 13.8. The third kappa shape index (κ3) is 21.4. The van der Waals surface area contributed by atoms with Gasteiger partial charge in [-0.1, -0.05) is 156 Å². The van der Waals surface area contributed by atoms with E-state index in [-0.39, 0.29) is 29.8 Å². The van der Waals surface area contributed by atoms with Gasteiger partial charge in [-0.3, -0.25) is 14.5 Å². The van der Waals surface area contributed by atoms with Gasteiger partial charge in [0.15, 0.2) is 0 Å². The van der Waals surface area contributed by atoms with Crippen LogP contribution < -0.4 is 5.73 Å². The van der Waals surface area contributed by atoms with Crippen LogP contribution in [0.2, 0.25) is 0 Å². The monoisotopic (exact) mass is 762 g/mol. The zero-order chi connectivity index (χ0) is 39.1. The highest BCUT2D eigenvalue weighted by Gasteiger charge is 2.39. The van der Waals surface area contributed by atoms with Crippen molar-refractivity contribution in [1.82, 2.24) is 9.80 Å². The lowest BCUT2D eigenvalue weighted by Gasteiger charge is -2.48. The molecule has 2 rings (SSSR count). The molecule has 7 heteroatoms. The minimum Gasteiger partial charge on any atom is -0.464 e. The van der Waals surface area contributed by atoms with E-state index in [9.17, 15) is 9.59 Å². The fraction of sp³-hybridized carbons (Fsp3) is 0.957. The van der Waals surface area contributed by atoms with Crippen molar-refractivity contribution in [3.05, 3.63) is 0 Å². The molecule has 2 aliphatic heterocycles. The van der Waals surface area contributed by atoms with Crippen LogP contribution in [-0.4, -0.2) is 80.3 Å². The summed E-state index contributed by atoms with van der Waals surface area (Å²) in [5, 5.41) is 0. The number of rotatable bonds is 34. The normalized spacial score (nSPS) is 16.6. The molecule has 318 valence electrons. The van der Waals surface area contributed by atoms with E-state index in [1.165, 1.54) is 142 Å². The molecule has 0 aromatic heterocycles. The summed E-state index contributed by atoms with van der Waals surface area (Å²) >= 11 is 0. The topological polar surface area (TPSA) is 85.1 Å². The molecule has 0 amide bonds. The first-order valence-corrected chi connectivity index (χ1v) is 23.9. The van der Waals surface area contributed by atoms with E-state index in [0.29, 0.717) is 18.6 Å². The van der Waals surface area contributed by atoms with E-state index < -0.39 is 0 Å². The predicted molar refractivity (Wildman–Crippen MR) is 229 cm³/mol. The average Bonchev–Trinajstić information content (AvgIpc) is 3.19. The van der Waals surface area contributed by atoms with Gasteiger partial charge in [-0.15, -0.1) is 0 Å². The van der Waals surface area contributed by atoms with E-state index in [2.05, 4.69) is 37.5 Å². The summed E-state index contributed by atoms with van der Waals surface area (Å²) in [5.41, 5.74) is 6.21. The Hall–Kier alpha value is -1.18. The Morgan fingerprint density at radius 1 is 0.519 bits per heavy atom. The number of nitrogens with two attached hydrogens (primary N) is 1. The molecule has 0 atom stereocenters. The van der Waals surface area contributed by atoms with Crippen molar-refractivity contribution in [3.63, 3.8) is 0 Å². The summed E-state index contributed by atoms with van der Waals surface area (Å²) in [4.78, 5) is 32.7. The highest BCUT2D eigenvalue weighted by atomic mass is 16.5. The molecule has 2 N–H and O–H groups in total. The van der Waals surface area contributed by atoms with Crippen molar-refractivity contribution in [3.8, 4) is 0 Å². The Balaban J connectivity index is 2.08. The van der Waals surface area contributed by atoms with Crippen LogP contribution in [0.3, 0.4) is 0 Å². The number of carbonyl (C=O) groups excluding carboxylic acids is 2. The lowest BCUT2D eigenvalue weighted by Crippen LogP contribution is -2.52. The van der Waals surface area contributed by atoms with E-state index in [1.807, 2.05) is 0 Å². The van der Waals surface area contributed by atoms with Gasteiger partial charge in [-0.2, -0.15) is 0 Å². The molecule has 2 aliphatic rings. The number of unbranched alkanes of at least 4 members (excludes halogenated alkanes) is 16. The number of hydrogen-bond acceptors (Lipinski definition) is 7. The first kappa shape index (κ1) is 49.0. The number of likely N-dealkylation sites (tertiary alicyclic amines) is 2. The molecule has 54 heavy (non-hydrogen) atoms. The molecule has 2 fully saturated rings. The highest BCUT2D eigenvalue weighted by Crippen LogP contribution is 2.41. The van der Waals surface area contributed by atoms with Gasteiger partial charge in [0.25, 0.3) is 0 Å². The molecule has 0 aliphatic carbocycles. The summed E-state index contributed by atoms with van der Waals surface area (Å²) in [6, 6.07) is -0.0792. The van der Waals surface area contributed by atoms with Gasteiger partial charge in [-0.05, 0) is 102 Å². The van der Waals surface area contributed by atoms with Gasteiger partial charge < -0.3 is 20.1 Å². The zero-order valence-electron chi connectivity index (χ0n) is 36.5. The lowest BCUT2D eigenvalue weighted by atomic mass is 9.71. The van der Waals surface area contributed by atoms with Crippen molar-refractivity contribution < 1.29 is 19.1 Å². The van der Waals surface area contributed by atoms with Gasteiger partial charge in [-0.25, -0.2) is 0 Å². The van der Waals surface area contributed by atoms with E-state index in [0.717, 1.165) is 84.0 Å². The second-order valence-corrected chi connectivity index (χ2v) is 17.6. The van der Waals surface area contributed by atoms with E-state index >= 15 is 0 Å². The molecule has 0 bridgehead atoms. The molecule has 0 unspecified atom stereocenters. The standard InChI is InChI=1S/C47H91N3O4/c1-5-9-13-17-21-26-42(27-22-18-14-10-6-2)45(51)53-40-44(50-38-32-47(33-39-50)30-36-49(37-31-47)35-25-34-48)41-54-46(52)43(28-23-19-15-11-7-3)29-24-20-16-12-8-4/h42-44H,5-41,48H2,1-4H3. The molecule has 1 spiro atoms. The molecule has 7 nitrogen and oxygen atoms in total. The van der Waals surface area contributed by atoms with Crippen LogP contribution in [0.25, 0.3) is 0 Å². The average molecular weight is 762 g/mol. The largest absolute Gasteiger partial charge is 0.464 e. The summed E-state index contributed by atoms with van der Waals surface area (Å²) in [7, 11) is 0. The fourth-order valence-corrected chi connectivity index (χ4v) is 9.02. The molecule has 0 saturated carbocycles. The predicted octanol–water partition coefficient (Wildman–Crippen LogP) is 11.6. The first-order chi connectivity index (χ1) is 26.4. The van der Waals surface area contributed by atoms with Crippen LogP contribution in [0.15, 0.2) is 0 Å². The van der Waals surface area contributed by atoms with Crippen LogP contribution in [0.5, 0.6) is 0 Å². The number of esters is 2. The van der Waals surface area contributed by atoms with E-state index in [4.69, 9.17) is 15.2 Å². The molecule has 2 saturated heterocycles. The molecule has 2 heterocycles. The van der Waals surface area contributed by atoms with Gasteiger partial charge in [0, 0.05) is 0 Å². The second kappa shape index (κ2) is 31.9. The summed E-state index contributed by atoms with van der Waals surface area (Å²) in [5.74, 6) is -0.0778. The number of carbonyl (C=O) groups is 2. The summed E-state index contributed by atoms with van der Waals surface area (Å²) in [6.07, 6.45) is 33.9. The number of ether oxygens (including phenoxy) is 2. The molecular formula is C47H91N3O4. The second-order valence-electron chi connectivity index (χ2n) is 17.6. The Kier molecular flexibility index (Phi) is 28.9. The zero-order valence-corrected chi connectivity index (χ0v) is 36.5. The van der Waals surface area contributed by atoms with Crippen molar-refractivity contribution in [1.29, 1.82) is 0 Å². The van der Waals surface area contributed by atoms with Gasteiger partial charge in [0.1, 0.15) is 13.2 Å². The maximum Gasteiger partial charge on any atom is 0.308 e. The Labute approximate surface area is 335 Å². The minimum atomic E-state index is -0.0792. The third-order valence-corrected chi connectivity index (χ3v) is 13.1. The maximum absolute atomic E-state index is 13.8. The van der Waals surface area contributed by atoms with Crippen LogP contribution in [0, 0.1) is 17.3 Å². The van der Waals surface area contributed by atoms with Crippen molar-refractivity contribution in [2.24, 2.45) is 23.0 Å². The summed E-state index contributed by atoms with van der Waals surface area (Å²) in [6.45, 7) is 15.9. The van der Waals surface area contributed by atoms with Crippen LogP contribution in [-0.2, 0) is 19.1 Å². The lowest BCUT2D eigenvalue weighted by molar-refractivity contribution is -0.156. The molecule has 0 radical (unpaired) electrons.